The zero-order valence-corrected chi connectivity index (χ0v) is 13.8. The molecule has 1 fully saturated rings. The number of rotatable bonds is 5. The minimum Gasteiger partial charge on any atom is -0.464 e. The molecule has 126 valence electrons. The lowest BCUT2D eigenvalue weighted by atomic mass is 10.2. The van der Waals surface area contributed by atoms with E-state index in [-0.39, 0.29) is 5.91 Å². The first kappa shape index (κ1) is 16.1. The number of urea groups is 1. The van der Waals surface area contributed by atoms with E-state index in [9.17, 15) is 9.59 Å². The highest BCUT2D eigenvalue weighted by Crippen LogP contribution is 2.47. The van der Waals surface area contributed by atoms with Crippen LogP contribution in [0.1, 0.15) is 41.1 Å². The Morgan fingerprint density at radius 3 is 2.50 bits per heavy atom. The van der Waals surface area contributed by atoms with Gasteiger partial charge < -0.3 is 20.4 Å². The molecule has 1 aromatic heterocycles. The van der Waals surface area contributed by atoms with Gasteiger partial charge in [0, 0.05) is 24.2 Å². The number of primary amides is 1. The van der Waals surface area contributed by atoms with E-state index in [2.05, 4.69) is 12.2 Å². The van der Waals surface area contributed by atoms with E-state index in [1.165, 1.54) is 6.42 Å². The van der Waals surface area contributed by atoms with Crippen LogP contribution in [0.3, 0.4) is 0 Å². The van der Waals surface area contributed by atoms with Gasteiger partial charge >= 0.3 is 6.03 Å². The fourth-order valence-electron chi connectivity index (χ4n) is 2.76. The maximum atomic E-state index is 12.5. The van der Waals surface area contributed by atoms with Gasteiger partial charge in [-0.25, -0.2) is 4.79 Å². The van der Waals surface area contributed by atoms with Crippen molar-refractivity contribution in [2.75, 3.05) is 12.4 Å². The highest BCUT2D eigenvalue weighted by atomic mass is 16.3. The zero-order chi connectivity index (χ0) is 17.3. The minimum atomic E-state index is -0.634. The van der Waals surface area contributed by atoms with Crippen LogP contribution in [0.5, 0.6) is 0 Å². The molecule has 0 saturated heterocycles. The Kier molecular flexibility index (Phi) is 4.29. The molecule has 0 radical (unpaired) electrons. The van der Waals surface area contributed by atoms with Crippen LogP contribution in [0.25, 0.3) is 0 Å². The molecule has 2 aromatic rings. The number of amides is 3. The summed E-state index contributed by atoms with van der Waals surface area (Å²) in [6, 6.07) is 9.91. The van der Waals surface area contributed by atoms with Crippen molar-refractivity contribution in [3.63, 3.8) is 0 Å². The molecule has 3 N–H and O–H groups in total. The van der Waals surface area contributed by atoms with Crippen molar-refractivity contribution in [1.29, 1.82) is 0 Å². The van der Waals surface area contributed by atoms with Crippen LogP contribution in [-0.4, -0.2) is 23.9 Å². The molecule has 3 amide bonds. The van der Waals surface area contributed by atoms with Crippen molar-refractivity contribution in [2.45, 2.75) is 25.8 Å². The number of hydrogen-bond acceptors (Lipinski definition) is 3. The second kappa shape index (κ2) is 6.39. The van der Waals surface area contributed by atoms with Crippen LogP contribution in [0.15, 0.2) is 40.8 Å². The summed E-state index contributed by atoms with van der Waals surface area (Å²) >= 11 is 0. The van der Waals surface area contributed by atoms with Gasteiger partial charge in [-0.05, 0) is 48.7 Å². The molecule has 1 aromatic carbocycles. The number of carbonyl (C=O) groups excluding carboxylic acids is 2. The predicted molar refractivity (Wildman–Crippen MR) is 90.7 cm³/mol. The van der Waals surface area contributed by atoms with Crippen LogP contribution >= 0.6 is 0 Å². The highest BCUT2D eigenvalue weighted by Gasteiger charge is 2.36. The van der Waals surface area contributed by atoms with E-state index in [0.717, 1.165) is 11.5 Å². The van der Waals surface area contributed by atoms with Crippen LogP contribution in [-0.2, 0) is 6.54 Å². The number of furan rings is 1. The van der Waals surface area contributed by atoms with Gasteiger partial charge in [0.05, 0.1) is 6.54 Å². The average Bonchev–Trinajstić information content (AvgIpc) is 3.09. The van der Waals surface area contributed by atoms with Gasteiger partial charge in [0.15, 0.2) is 0 Å². The molecular weight excluding hydrogens is 306 g/mol. The Hall–Kier alpha value is -2.76. The van der Waals surface area contributed by atoms with Crippen LogP contribution < -0.4 is 11.1 Å². The SMILES string of the molecule is C[C@H]1C[C@H]1c1ccc(CN(C)C(=O)c2ccc(NC(N)=O)cc2)o1. The first-order valence-electron chi connectivity index (χ1n) is 7.94. The molecule has 6 nitrogen and oxygen atoms in total. The quantitative estimate of drug-likeness (QED) is 0.884. The summed E-state index contributed by atoms with van der Waals surface area (Å²) in [6.07, 6.45) is 1.17. The van der Waals surface area contributed by atoms with Gasteiger partial charge in [-0.3, -0.25) is 4.79 Å². The average molecular weight is 327 g/mol. The minimum absolute atomic E-state index is 0.113. The molecule has 3 rings (SSSR count). The van der Waals surface area contributed by atoms with E-state index in [1.807, 2.05) is 12.1 Å². The summed E-state index contributed by atoms with van der Waals surface area (Å²) in [6.45, 7) is 2.63. The maximum Gasteiger partial charge on any atom is 0.316 e. The normalized spacial score (nSPS) is 18.9. The summed E-state index contributed by atoms with van der Waals surface area (Å²) in [5.74, 6) is 2.91. The Morgan fingerprint density at radius 1 is 1.25 bits per heavy atom. The molecule has 1 heterocycles. The second-order valence-corrected chi connectivity index (χ2v) is 6.35. The number of nitrogens with two attached hydrogens (primary N) is 1. The molecule has 6 heteroatoms. The molecule has 24 heavy (non-hydrogen) atoms. The van der Waals surface area contributed by atoms with E-state index in [1.54, 1.807) is 36.2 Å². The number of carbonyl (C=O) groups is 2. The first-order valence-corrected chi connectivity index (χ1v) is 7.94. The van der Waals surface area contributed by atoms with Gasteiger partial charge in [0.2, 0.25) is 0 Å². The summed E-state index contributed by atoms with van der Waals surface area (Å²) in [5.41, 5.74) is 6.15. The van der Waals surface area contributed by atoms with Crippen molar-refractivity contribution in [2.24, 2.45) is 11.7 Å². The van der Waals surface area contributed by atoms with E-state index in [0.29, 0.717) is 29.6 Å². The van der Waals surface area contributed by atoms with Gasteiger partial charge in [-0.1, -0.05) is 6.92 Å². The summed E-state index contributed by atoms with van der Waals surface area (Å²) in [7, 11) is 1.74. The third-order valence-electron chi connectivity index (χ3n) is 4.30. The van der Waals surface area contributed by atoms with Crippen LogP contribution in [0.2, 0.25) is 0 Å². The van der Waals surface area contributed by atoms with Gasteiger partial charge in [0.25, 0.3) is 5.91 Å². The number of hydrogen-bond donors (Lipinski definition) is 2. The lowest BCUT2D eigenvalue weighted by Crippen LogP contribution is -2.26. The number of nitrogens with zero attached hydrogens (tertiary/aromatic N) is 1. The van der Waals surface area contributed by atoms with Crippen LogP contribution in [0, 0.1) is 5.92 Å². The number of nitrogens with one attached hydrogen (secondary N) is 1. The molecular formula is C18H21N3O3. The summed E-state index contributed by atoms with van der Waals surface area (Å²) in [4.78, 5) is 24.9. The fraction of sp³-hybridized carbons (Fsp3) is 0.333. The molecule has 1 aliphatic rings. The standard InChI is InChI=1S/C18H21N3O3/c1-11-9-15(11)16-8-7-14(24-16)10-21(2)17(22)12-3-5-13(6-4-12)20-18(19)23/h3-8,11,15H,9-10H2,1-2H3,(H3,19,20,23)/t11-,15+/m0/s1. The summed E-state index contributed by atoms with van der Waals surface area (Å²) < 4.78 is 5.84. The lowest BCUT2D eigenvalue weighted by molar-refractivity contribution is 0.0775. The van der Waals surface area contributed by atoms with E-state index in [4.69, 9.17) is 10.2 Å². The smallest absolute Gasteiger partial charge is 0.316 e. The molecule has 0 aliphatic heterocycles. The first-order chi connectivity index (χ1) is 11.4. The molecule has 0 unspecified atom stereocenters. The molecule has 0 spiro atoms. The molecule has 1 saturated carbocycles. The van der Waals surface area contributed by atoms with Crippen LogP contribution in [0.4, 0.5) is 10.5 Å². The monoisotopic (exact) mass is 327 g/mol. The van der Waals surface area contributed by atoms with Crippen molar-refractivity contribution >= 4 is 17.6 Å². The molecule has 0 bridgehead atoms. The molecule has 2 atom stereocenters. The second-order valence-electron chi connectivity index (χ2n) is 6.35. The van der Waals surface area contributed by atoms with Gasteiger partial charge in [-0.15, -0.1) is 0 Å². The van der Waals surface area contributed by atoms with Gasteiger partial charge in [-0.2, -0.15) is 0 Å². The number of anilines is 1. The Morgan fingerprint density at radius 2 is 1.92 bits per heavy atom. The van der Waals surface area contributed by atoms with Gasteiger partial charge in [0.1, 0.15) is 11.5 Å². The Labute approximate surface area is 140 Å². The zero-order valence-electron chi connectivity index (χ0n) is 13.8. The van der Waals surface area contributed by atoms with Crippen molar-refractivity contribution in [1.82, 2.24) is 4.90 Å². The summed E-state index contributed by atoms with van der Waals surface area (Å²) in [5, 5.41) is 2.46. The Balaban J connectivity index is 1.61. The lowest BCUT2D eigenvalue weighted by Gasteiger charge is -2.16. The third-order valence-corrected chi connectivity index (χ3v) is 4.30. The topological polar surface area (TPSA) is 88.6 Å². The third kappa shape index (κ3) is 3.59. The fourth-order valence-corrected chi connectivity index (χ4v) is 2.76. The van der Waals surface area contributed by atoms with Crippen molar-refractivity contribution < 1.29 is 14.0 Å². The highest BCUT2D eigenvalue weighted by molar-refractivity contribution is 5.95. The van der Waals surface area contributed by atoms with E-state index >= 15 is 0 Å². The largest absolute Gasteiger partial charge is 0.464 e. The van der Waals surface area contributed by atoms with E-state index < -0.39 is 6.03 Å². The Bertz CT molecular complexity index is 751. The van der Waals surface area contributed by atoms with Crippen molar-refractivity contribution in [3.8, 4) is 0 Å². The maximum absolute atomic E-state index is 12.5. The molecule has 1 aliphatic carbocycles. The van der Waals surface area contributed by atoms with Crippen molar-refractivity contribution in [3.05, 3.63) is 53.5 Å². The number of benzene rings is 1. The predicted octanol–water partition coefficient (Wildman–Crippen LogP) is 3.17.